The minimum atomic E-state index is -3.50. The van der Waals surface area contributed by atoms with Crippen LogP contribution < -0.4 is 20.8 Å². The van der Waals surface area contributed by atoms with E-state index in [0.29, 0.717) is 0 Å². The summed E-state index contributed by atoms with van der Waals surface area (Å²) >= 11 is 0. The minimum absolute atomic E-state index is 0.170. The van der Waals surface area contributed by atoms with Crippen LogP contribution in [-0.2, 0) is 15.4 Å². The van der Waals surface area contributed by atoms with Crippen LogP contribution >= 0.6 is 7.14 Å². The Balaban J connectivity index is 1.14. The van der Waals surface area contributed by atoms with Gasteiger partial charge in [0.25, 0.3) is 0 Å². The zero-order valence-electron chi connectivity index (χ0n) is 34.5. The molecule has 9 aromatic carbocycles. The van der Waals surface area contributed by atoms with Crippen molar-refractivity contribution in [3.05, 3.63) is 246 Å². The Morgan fingerprint density at radius 3 is 1.87 bits per heavy atom. The van der Waals surface area contributed by atoms with E-state index in [1.807, 2.05) is 18.2 Å². The molecular formula is C58H41N2OP. The molecule has 0 saturated heterocycles. The Labute approximate surface area is 361 Å². The average Bonchev–Trinajstić information content (AvgIpc) is 3.79. The Morgan fingerprint density at radius 1 is 0.435 bits per heavy atom. The molecule has 0 N–H and O–H groups in total. The molecular weight excluding hydrogens is 772 g/mol. The van der Waals surface area contributed by atoms with Gasteiger partial charge in [-0.15, -0.1) is 0 Å². The maximum Gasteiger partial charge on any atom is 0.171 e. The topological polar surface area (TPSA) is 25.2 Å². The van der Waals surface area contributed by atoms with Gasteiger partial charge in [0.1, 0.15) is 0 Å². The summed E-state index contributed by atoms with van der Waals surface area (Å²) in [6, 6.07) is 76.5. The zero-order chi connectivity index (χ0) is 41.4. The van der Waals surface area contributed by atoms with Crippen molar-refractivity contribution >= 4 is 61.9 Å². The van der Waals surface area contributed by atoms with Crippen LogP contribution in [0.5, 0.6) is 0 Å². The smallest absolute Gasteiger partial charge is 0.171 e. The van der Waals surface area contributed by atoms with Gasteiger partial charge in [-0.05, 0) is 93.0 Å². The van der Waals surface area contributed by atoms with Gasteiger partial charge < -0.3 is 14.0 Å². The van der Waals surface area contributed by atoms with E-state index in [2.05, 4.69) is 217 Å². The molecule has 1 spiro atoms. The number of nitrogens with zero attached hydrogens (tertiary/aromatic N) is 2. The average molecular weight is 813 g/mol. The summed E-state index contributed by atoms with van der Waals surface area (Å²) in [6.45, 7) is 4.67. The standard InChI is InChI=1S/C58H41N2OP/c1-57(2)46-25-11-9-22-42(46)43-34-32-39(36-51(43)57)59(38-18-5-3-6-19-38)40-33-35-49-55(37-40)62(61,41-20-7-4-8-21-41)54-31-16-13-27-48(54)58(49)47-26-12-15-30-53(47)60-52-29-14-10-23-44(52)45-24-17-28-50(58)56(45)60/h3-37H,1-2H3. The van der Waals surface area contributed by atoms with Gasteiger partial charge in [-0.1, -0.05) is 178 Å². The number of hydrogen-bond acceptors (Lipinski definition) is 2. The van der Waals surface area contributed by atoms with E-state index in [1.165, 1.54) is 55.2 Å². The van der Waals surface area contributed by atoms with E-state index in [1.54, 1.807) is 0 Å². The highest BCUT2D eigenvalue weighted by Crippen LogP contribution is 2.61. The zero-order valence-corrected chi connectivity index (χ0v) is 35.4. The molecule has 3 aliphatic rings. The van der Waals surface area contributed by atoms with Crippen molar-refractivity contribution in [1.82, 2.24) is 4.57 Å². The second-order valence-electron chi connectivity index (χ2n) is 17.6. The minimum Gasteiger partial charge on any atom is -0.310 e. The number of para-hydroxylation sites is 4. The Hall–Kier alpha value is -7.19. The molecule has 1 aromatic heterocycles. The quantitative estimate of drug-likeness (QED) is 0.165. The van der Waals surface area contributed by atoms with Gasteiger partial charge in [-0.3, -0.25) is 0 Å². The molecule has 0 fully saturated rings. The van der Waals surface area contributed by atoms with Gasteiger partial charge >= 0.3 is 0 Å². The molecule has 1 aliphatic carbocycles. The number of aromatic nitrogens is 1. The monoisotopic (exact) mass is 812 g/mol. The van der Waals surface area contributed by atoms with Crippen LogP contribution in [-0.4, -0.2) is 4.57 Å². The molecule has 3 nitrogen and oxygen atoms in total. The number of hydrogen-bond donors (Lipinski definition) is 0. The van der Waals surface area contributed by atoms with Crippen LogP contribution in [0.2, 0.25) is 0 Å². The lowest BCUT2D eigenvalue weighted by molar-refractivity contribution is 0.590. The molecule has 13 rings (SSSR count). The van der Waals surface area contributed by atoms with E-state index in [4.69, 9.17) is 0 Å². The van der Waals surface area contributed by atoms with Crippen molar-refractivity contribution in [2.45, 2.75) is 24.7 Å². The Kier molecular flexibility index (Phi) is 7.27. The first kappa shape index (κ1) is 35.6. The summed E-state index contributed by atoms with van der Waals surface area (Å²) in [4.78, 5) is 2.36. The van der Waals surface area contributed by atoms with Crippen molar-refractivity contribution in [2.24, 2.45) is 0 Å². The third-order valence-corrected chi connectivity index (χ3v) is 17.4. The van der Waals surface area contributed by atoms with E-state index < -0.39 is 12.6 Å². The third kappa shape index (κ3) is 4.43. The molecule has 3 heterocycles. The van der Waals surface area contributed by atoms with Crippen LogP contribution in [0.4, 0.5) is 17.1 Å². The first-order valence-corrected chi connectivity index (χ1v) is 23.3. The number of rotatable bonds is 4. The first-order valence-electron chi connectivity index (χ1n) is 21.5. The molecule has 0 saturated carbocycles. The van der Waals surface area contributed by atoms with Crippen LogP contribution in [0.15, 0.2) is 212 Å². The van der Waals surface area contributed by atoms with E-state index in [0.717, 1.165) is 49.8 Å². The predicted octanol–water partition coefficient (Wildman–Crippen LogP) is 13.2. The van der Waals surface area contributed by atoms with Crippen molar-refractivity contribution in [2.75, 3.05) is 4.90 Å². The molecule has 0 radical (unpaired) electrons. The number of benzene rings is 9. The molecule has 0 amide bonds. The number of anilines is 3. The first-order chi connectivity index (χ1) is 30.4. The predicted molar refractivity (Wildman–Crippen MR) is 258 cm³/mol. The SMILES string of the molecule is CC1(C)c2ccccc2-c2ccc(N(c3ccccc3)c3ccc4c(c3)P(=O)(c3ccccc3)c3ccccc3C43c4ccccc4-n4c5ccccc5c5cccc3c54)cc21. The summed E-state index contributed by atoms with van der Waals surface area (Å²) in [5.41, 5.74) is 15.4. The highest BCUT2D eigenvalue weighted by atomic mass is 31.2. The summed E-state index contributed by atoms with van der Waals surface area (Å²) < 4.78 is 19.5. The second-order valence-corrected chi connectivity index (χ2v) is 20.3. The highest BCUT2D eigenvalue weighted by molar-refractivity contribution is 7.85. The maximum absolute atomic E-state index is 17.0. The Bertz CT molecular complexity index is 3550. The van der Waals surface area contributed by atoms with Gasteiger partial charge in [0.05, 0.1) is 22.1 Å². The van der Waals surface area contributed by atoms with E-state index >= 15 is 4.57 Å². The van der Waals surface area contributed by atoms with Gasteiger partial charge in [-0.2, -0.15) is 0 Å². The summed E-state index contributed by atoms with van der Waals surface area (Å²) in [5.74, 6) is 0. The normalized spacial score (nSPS) is 18.5. The highest BCUT2D eigenvalue weighted by Gasteiger charge is 2.54. The lowest BCUT2D eigenvalue weighted by atomic mass is 9.62. The fourth-order valence-corrected chi connectivity index (χ4v) is 14.8. The largest absolute Gasteiger partial charge is 0.310 e. The van der Waals surface area contributed by atoms with Crippen LogP contribution in [0, 0.1) is 0 Å². The summed E-state index contributed by atoms with van der Waals surface area (Å²) in [7, 11) is -3.50. The van der Waals surface area contributed by atoms with Crippen LogP contribution in [0.1, 0.15) is 47.2 Å². The second kappa shape index (κ2) is 12.7. The molecule has 4 heteroatoms. The Morgan fingerprint density at radius 2 is 1.03 bits per heavy atom. The lowest BCUT2D eigenvalue weighted by Crippen LogP contribution is -2.48. The molecule has 10 aromatic rings. The molecule has 2 unspecified atom stereocenters. The van der Waals surface area contributed by atoms with Gasteiger partial charge in [-0.25, -0.2) is 0 Å². The molecule has 2 atom stereocenters. The van der Waals surface area contributed by atoms with Crippen LogP contribution in [0.25, 0.3) is 38.6 Å². The molecule has 294 valence electrons. The maximum atomic E-state index is 17.0. The van der Waals surface area contributed by atoms with Crippen LogP contribution in [0.3, 0.4) is 0 Å². The lowest BCUT2D eigenvalue weighted by Gasteiger charge is -2.47. The molecule has 0 bridgehead atoms. The van der Waals surface area contributed by atoms with Crippen molar-refractivity contribution < 1.29 is 4.57 Å². The van der Waals surface area contributed by atoms with Gasteiger partial charge in [0, 0.05) is 49.2 Å². The number of fused-ring (bicyclic) bond motifs is 14. The summed E-state index contributed by atoms with van der Waals surface area (Å²) in [6.07, 6.45) is 0. The molecule has 62 heavy (non-hydrogen) atoms. The van der Waals surface area contributed by atoms with E-state index in [9.17, 15) is 0 Å². The fraction of sp³-hybridized carbons (Fsp3) is 0.0690. The van der Waals surface area contributed by atoms with Crippen molar-refractivity contribution in [3.63, 3.8) is 0 Å². The van der Waals surface area contributed by atoms with Crippen molar-refractivity contribution in [3.8, 4) is 16.8 Å². The molecule has 2 aliphatic heterocycles. The third-order valence-electron chi connectivity index (χ3n) is 14.2. The summed E-state index contributed by atoms with van der Waals surface area (Å²) in [5, 5.41) is 5.03. The van der Waals surface area contributed by atoms with Gasteiger partial charge in [0.15, 0.2) is 7.14 Å². The fourth-order valence-electron chi connectivity index (χ4n) is 11.6. The van der Waals surface area contributed by atoms with Gasteiger partial charge in [0.2, 0.25) is 0 Å². The van der Waals surface area contributed by atoms with E-state index in [-0.39, 0.29) is 5.41 Å². The van der Waals surface area contributed by atoms with Crippen molar-refractivity contribution in [1.29, 1.82) is 0 Å².